The van der Waals surface area contributed by atoms with Gasteiger partial charge in [0, 0.05) is 34.2 Å². The highest BCUT2D eigenvalue weighted by Gasteiger charge is 2.13. The van der Waals surface area contributed by atoms with Crippen LogP contribution in [0.15, 0.2) is 59.4 Å². The summed E-state index contributed by atoms with van der Waals surface area (Å²) in [6, 6.07) is 11.2. The first-order chi connectivity index (χ1) is 16.9. The van der Waals surface area contributed by atoms with Gasteiger partial charge in [-0.15, -0.1) is 0 Å². The molecule has 1 amide bonds. The van der Waals surface area contributed by atoms with E-state index in [9.17, 15) is 9.59 Å². The van der Waals surface area contributed by atoms with Crippen molar-refractivity contribution >= 4 is 55.9 Å². The van der Waals surface area contributed by atoms with Crippen molar-refractivity contribution in [2.75, 3.05) is 44.0 Å². The highest BCUT2D eigenvalue weighted by atomic mass is 79.9. The van der Waals surface area contributed by atoms with E-state index < -0.39 is 0 Å². The lowest BCUT2D eigenvalue weighted by atomic mass is 10.2. The van der Waals surface area contributed by atoms with Gasteiger partial charge in [-0.3, -0.25) is 14.5 Å². The number of carbonyl (C=O) groups excluding carboxylic acids is 2. The number of halogens is 1. The first kappa shape index (κ1) is 26.1. The second-order valence-electron chi connectivity index (χ2n) is 7.45. The Morgan fingerprint density at radius 3 is 2.71 bits per heavy atom. The van der Waals surface area contributed by atoms with Crippen LogP contribution in [0.2, 0.25) is 0 Å². The van der Waals surface area contributed by atoms with Crippen LogP contribution in [0.3, 0.4) is 0 Å². The molecule has 1 heterocycles. The molecule has 10 heteroatoms. The first-order valence-corrected chi connectivity index (χ1v) is 11.9. The van der Waals surface area contributed by atoms with E-state index in [0.29, 0.717) is 42.5 Å². The number of anilines is 3. The number of hydrogen-bond donors (Lipinski definition) is 2. The number of aromatic nitrogens is 2. The quantitative estimate of drug-likeness (QED) is 0.269. The molecule has 2 N–H and O–H groups in total. The van der Waals surface area contributed by atoms with E-state index in [4.69, 9.17) is 9.47 Å². The summed E-state index contributed by atoms with van der Waals surface area (Å²) in [5.74, 6) is 0.457. The van der Waals surface area contributed by atoms with Gasteiger partial charge in [0.15, 0.2) is 0 Å². The third-order valence-electron chi connectivity index (χ3n) is 5.04. The summed E-state index contributed by atoms with van der Waals surface area (Å²) in [4.78, 5) is 34.9. The average molecular weight is 542 g/mol. The van der Waals surface area contributed by atoms with Crippen molar-refractivity contribution in [3.8, 4) is 5.75 Å². The number of benzene rings is 2. The summed E-state index contributed by atoms with van der Waals surface area (Å²) < 4.78 is 11.4. The Morgan fingerprint density at radius 1 is 1.17 bits per heavy atom. The number of carbonyl (C=O) groups is 2. The maximum Gasteiger partial charge on any atom is 0.320 e. The summed E-state index contributed by atoms with van der Waals surface area (Å²) in [5.41, 5.74) is 2.01. The van der Waals surface area contributed by atoms with Crippen LogP contribution in [0.5, 0.6) is 5.75 Å². The maximum absolute atomic E-state index is 12.6. The molecular weight excluding hydrogens is 514 g/mol. The van der Waals surface area contributed by atoms with Crippen molar-refractivity contribution in [1.29, 1.82) is 0 Å². The molecule has 1 aromatic heterocycles. The fraction of sp³-hybridized carbons (Fsp3) is 0.280. The molecular formula is C25H28BrN5O4. The highest BCUT2D eigenvalue weighted by Crippen LogP contribution is 2.33. The van der Waals surface area contributed by atoms with Crippen LogP contribution in [0, 0.1) is 0 Å². The normalized spacial score (nSPS) is 11.1. The lowest BCUT2D eigenvalue weighted by molar-refractivity contribution is -0.144. The van der Waals surface area contributed by atoms with E-state index in [0.717, 1.165) is 15.5 Å². The van der Waals surface area contributed by atoms with Gasteiger partial charge >= 0.3 is 5.97 Å². The van der Waals surface area contributed by atoms with Crippen molar-refractivity contribution in [3.63, 3.8) is 0 Å². The molecule has 0 saturated carbocycles. The molecule has 0 fully saturated rings. The molecule has 0 bridgehead atoms. The predicted octanol–water partition coefficient (Wildman–Crippen LogP) is 4.52. The molecule has 35 heavy (non-hydrogen) atoms. The molecule has 0 aliphatic heterocycles. The molecule has 184 valence electrons. The standard InChI is InChI=1S/C25H28BrN5O4/c1-4-31(15-24(33)35-5-2)11-7-10-23(32)30-21-13-19-20(14-22(21)34-3)27-16-28-25(19)29-18-9-6-8-17(26)12-18/h6-10,12-14,16H,4-5,11,15H2,1-3H3,(H,30,32)(H,27,28,29). The van der Waals surface area contributed by atoms with E-state index in [1.165, 1.54) is 19.5 Å². The van der Waals surface area contributed by atoms with E-state index in [1.54, 1.807) is 25.1 Å². The monoisotopic (exact) mass is 541 g/mol. The smallest absolute Gasteiger partial charge is 0.320 e. The minimum absolute atomic E-state index is 0.169. The summed E-state index contributed by atoms with van der Waals surface area (Å²) in [7, 11) is 1.53. The zero-order valence-corrected chi connectivity index (χ0v) is 21.5. The number of nitrogens with zero attached hydrogens (tertiary/aromatic N) is 3. The molecule has 0 radical (unpaired) electrons. The van der Waals surface area contributed by atoms with Crippen molar-refractivity contribution in [3.05, 3.63) is 59.4 Å². The van der Waals surface area contributed by atoms with Gasteiger partial charge in [-0.2, -0.15) is 0 Å². The Bertz CT molecular complexity index is 1220. The van der Waals surface area contributed by atoms with Crippen molar-refractivity contribution in [2.45, 2.75) is 13.8 Å². The molecule has 0 saturated heterocycles. The van der Waals surface area contributed by atoms with Crippen LogP contribution in [-0.2, 0) is 14.3 Å². The summed E-state index contributed by atoms with van der Waals surface area (Å²) in [5, 5.41) is 6.87. The van der Waals surface area contributed by atoms with Crippen molar-refractivity contribution in [1.82, 2.24) is 14.9 Å². The lowest BCUT2D eigenvalue weighted by Gasteiger charge is -2.17. The van der Waals surface area contributed by atoms with Gasteiger partial charge in [0.25, 0.3) is 0 Å². The zero-order valence-electron chi connectivity index (χ0n) is 19.9. The fourth-order valence-electron chi connectivity index (χ4n) is 3.33. The van der Waals surface area contributed by atoms with Crippen molar-refractivity contribution < 1.29 is 19.1 Å². The Hall–Kier alpha value is -3.50. The predicted molar refractivity (Wildman–Crippen MR) is 140 cm³/mol. The van der Waals surface area contributed by atoms with Crippen LogP contribution in [0.25, 0.3) is 10.9 Å². The molecule has 3 aromatic rings. The zero-order chi connectivity index (χ0) is 25.2. The fourth-order valence-corrected chi connectivity index (χ4v) is 3.73. The minimum Gasteiger partial charge on any atom is -0.494 e. The van der Waals surface area contributed by atoms with E-state index >= 15 is 0 Å². The third-order valence-corrected chi connectivity index (χ3v) is 5.53. The van der Waals surface area contributed by atoms with Crippen molar-refractivity contribution in [2.24, 2.45) is 0 Å². The number of rotatable bonds is 11. The molecule has 9 nitrogen and oxygen atoms in total. The minimum atomic E-state index is -0.326. The van der Waals surface area contributed by atoms with Gasteiger partial charge in [0.2, 0.25) is 5.91 Å². The van der Waals surface area contributed by atoms with Gasteiger partial charge in [-0.25, -0.2) is 9.97 Å². The lowest BCUT2D eigenvalue weighted by Crippen LogP contribution is -2.31. The second kappa shape index (κ2) is 12.8. The number of likely N-dealkylation sites (N-methyl/N-ethyl adjacent to an activating group) is 1. The Kier molecular flexibility index (Phi) is 9.56. The van der Waals surface area contributed by atoms with Gasteiger partial charge in [-0.1, -0.05) is 35.0 Å². The SMILES string of the molecule is CCOC(=O)CN(CC)CC=CC(=O)Nc1cc2c(Nc3cccc(Br)c3)ncnc2cc1OC. The molecule has 0 unspecified atom stereocenters. The van der Waals surface area contributed by atoms with Crippen LogP contribution in [0.1, 0.15) is 13.8 Å². The van der Waals surface area contributed by atoms with Crippen LogP contribution in [0.4, 0.5) is 17.2 Å². The first-order valence-electron chi connectivity index (χ1n) is 11.1. The molecule has 0 spiro atoms. The average Bonchev–Trinajstić information content (AvgIpc) is 2.83. The number of amides is 1. The van der Waals surface area contributed by atoms with Gasteiger partial charge in [0.05, 0.1) is 31.5 Å². The number of fused-ring (bicyclic) bond motifs is 1. The molecule has 3 rings (SSSR count). The summed E-state index contributed by atoms with van der Waals surface area (Å²) >= 11 is 3.47. The molecule has 2 aromatic carbocycles. The maximum atomic E-state index is 12.6. The molecule has 0 aliphatic rings. The van der Waals surface area contributed by atoms with E-state index in [-0.39, 0.29) is 18.4 Å². The van der Waals surface area contributed by atoms with Crippen LogP contribution >= 0.6 is 15.9 Å². The summed E-state index contributed by atoms with van der Waals surface area (Å²) in [6.07, 6.45) is 4.60. The third kappa shape index (κ3) is 7.49. The highest BCUT2D eigenvalue weighted by molar-refractivity contribution is 9.10. The number of hydrogen-bond acceptors (Lipinski definition) is 8. The topological polar surface area (TPSA) is 106 Å². The Morgan fingerprint density at radius 2 is 2.00 bits per heavy atom. The largest absolute Gasteiger partial charge is 0.494 e. The Labute approximate surface area is 212 Å². The van der Waals surface area contributed by atoms with Gasteiger partial charge in [-0.05, 0) is 37.7 Å². The summed E-state index contributed by atoms with van der Waals surface area (Å²) in [6.45, 7) is 5.30. The number of nitrogens with one attached hydrogen (secondary N) is 2. The molecule has 0 aliphatic carbocycles. The van der Waals surface area contributed by atoms with E-state index in [2.05, 4.69) is 36.5 Å². The number of methoxy groups -OCH3 is 1. The number of ether oxygens (including phenoxy) is 2. The van der Waals surface area contributed by atoms with Gasteiger partial charge < -0.3 is 20.1 Å². The number of esters is 1. The van der Waals surface area contributed by atoms with Gasteiger partial charge in [0.1, 0.15) is 17.9 Å². The van der Waals surface area contributed by atoms with Crippen LogP contribution < -0.4 is 15.4 Å². The second-order valence-corrected chi connectivity index (χ2v) is 8.37. The van der Waals surface area contributed by atoms with Crippen LogP contribution in [-0.4, -0.2) is 60.1 Å². The Balaban J connectivity index is 1.76. The molecule has 0 atom stereocenters. The van der Waals surface area contributed by atoms with E-state index in [1.807, 2.05) is 36.1 Å².